The molecular weight excluding hydrogens is 443 g/mol. The van der Waals surface area contributed by atoms with Gasteiger partial charge in [0.15, 0.2) is 0 Å². The number of ether oxygens (including phenoxy) is 1. The maximum atomic E-state index is 13.1. The molecule has 1 aliphatic heterocycles. The van der Waals surface area contributed by atoms with E-state index in [1.165, 1.54) is 0 Å². The van der Waals surface area contributed by atoms with E-state index in [1.54, 1.807) is 0 Å². The Hall–Kier alpha value is -2.53. The summed E-state index contributed by atoms with van der Waals surface area (Å²) in [7, 11) is 0. The van der Waals surface area contributed by atoms with Gasteiger partial charge in [0, 0.05) is 43.3 Å². The summed E-state index contributed by atoms with van der Waals surface area (Å²) in [6, 6.07) is 21.2. The average Bonchev–Trinajstić information content (AvgIpc) is 2.81. The molecule has 0 aliphatic carbocycles. The lowest BCUT2D eigenvalue weighted by molar-refractivity contribution is 0.0628. The topological polar surface area (TPSA) is 32.8 Å². The highest BCUT2D eigenvalue weighted by molar-refractivity contribution is 6.32. The van der Waals surface area contributed by atoms with E-state index < -0.39 is 0 Å². The number of nitrogens with zero attached hydrogens (tertiary/aromatic N) is 2. The van der Waals surface area contributed by atoms with E-state index in [9.17, 15) is 4.79 Å². The third kappa shape index (κ3) is 5.63. The first-order valence-corrected chi connectivity index (χ1v) is 11.5. The van der Waals surface area contributed by atoms with Crippen LogP contribution in [-0.2, 0) is 13.2 Å². The molecule has 0 radical (unpaired) electrons. The Morgan fingerprint density at radius 2 is 1.69 bits per heavy atom. The Labute approximate surface area is 199 Å². The second-order valence-electron chi connectivity index (χ2n) is 8.08. The van der Waals surface area contributed by atoms with Crippen molar-refractivity contribution in [3.8, 4) is 5.75 Å². The fraction of sp³-hybridized carbons (Fsp3) is 0.269. The van der Waals surface area contributed by atoms with Crippen LogP contribution in [0.3, 0.4) is 0 Å². The van der Waals surface area contributed by atoms with Crippen molar-refractivity contribution < 1.29 is 9.53 Å². The average molecular weight is 469 g/mol. The van der Waals surface area contributed by atoms with Gasteiger partial charge >= 0.3 is 0 Å². The van der Waals surface area contributed by atoms with E-state index >= 15 is 0 Å². The molecule has 4 nitrogen and oxygen atoms in total. The molecule has 1 amide bonds. The number of aryl methyl sites for hydroxylation is 1. The maximum absolute atomic E-state index is 13.1. The van der Waals surface area contributed by atoms with Crippen LogP contribution in [0.25, 0.3) is 0 Å². The van der Waals surface area contributed by atoms with Gasteiger partial charge < -0.3 is 9.64 Å². The molecule has 3 aromatic rings. The highest BCUT2D eigenvalue weighted by Crippen LogP contribution is 2.26. The normalized spacial score (nSPS) is 14.4. The Kier molecular flexibility index (Phi) is 7.36. The minimum absolute atomic E-state index is 0.0535. The molecule has 3 aromatic carbocycles. The molecule has 6 heteroatoms. The number of amides is 1. The van der Waals surface area contributed by atoms with Gasteiger partial charge in [-0.2, -0.15) is 0 Å². The second kappa shape index (κ2) is 10.4. The van der Waals surface area contributed by atoms with Crippen molar-refractivity contribution in [2.45, 2.75) is 20.1 Å². The Bertz CT molecular complexity index is 1090. The molecule has 1 saturated heterocycles. The molecule has 4 rings (SSSR count). The summed E-state index contributed by atoms with van der Waals surface area (Å²) in [4.78, 5) is 17.3. The van der Waals surface area contributed by atoms with Crippen molar-refractivity contribution in [1.82, 2.24) is 9.80 Å². The number of carbonyl (C=O) groups excluding carboxylic acids is 1. The van der Waals surface area contributed by atoms with Crippen LogP contribution in [-0.4, -0.2) is 41.9 Å². The van der Waals surface area contributed by atoms with Gasteiger partial charge in [0.2, 0.25) is 0 Å². The van der Waals surface area contributed by atoms with Gasteiger partial charge in [-0.15, -0.1) is 0 Å². The van der Waals surface area contributed by atoms with Crippen molar-refractivity contribution >= 4 is 29.1 Å². The van der Waals surface area contributed by atoms with E-state index in [4.69, 9.17) is 27.9 Å². The largest absolute Gasteiger partial charge is 0.487 e. The summed E-state index contributed by atoms with van der Waals surface area (Å²) in [6.07, 6.45) is 0. The summed E-state index contributed by atoms with van der Waals surface area (Å²) in [5.74, 6) is 0.705. The van der Waals surface area contributed by atoms with Crippen LogP contribution in [0.5, 0.6) is 5.75 Å². The molecule has 1 fully saturated rings. The van der Waals surface area contributed by atoms with E-state index in [1.807, 2.05) is 72.5 Å². The van der Waals surface area contributed by atoms with Crippen LogP contribution in [0.4, 0.5) is 0 Å². The first-order chi connectivity index (χ1) is 15.5. The Balaban J connectivity index is 1.34. The summed E-state index contributed by atoms with van der Waals surface area (Å²) >= 11 is 12.5. The number of hydrogen-bond acceptors (Lipinski definition) is 3. The predicted octanol–water partition coefficient (Wildman–Crippen LogP) is 5.84. The van der Waals surface area contributed by atoms with E-state index in [0.717, 1.165) is 41.3 Å². The predicted molar refractivity (Wildman–Crippen MR) is 130 cm³/mol. The zero-order valence-corrected chi connectivity index (χ0v) is 19.6. The third-order valence-corrected chi connectivity index (χ3v) is 6.35. The smallest absolute Gasteiger partial charge is 0.253 e. The molecule has 166 valence electrons. The van der Waals surface area contributed by atoms with Crippen LogP contribution in [0.15, 0.2) is 66.7 Å². The zero-order chi connectivity index (χ0) is 22.5. The number of hydrogen-bond donors (Lipinski definition) is 0. The minimum Gasteiger partial charge on any atom is -0.487 e. The lowest BCUT2D eigenvalue weighted by atomic mass is 10.1. The molecule has 0 saturated carbocycles. The van der Waals surface area contributed by atoms with Crippen LogP contribution in [0, 0.1) is 6.92 Å². The molecule has 1 heterocycles. The van der Waals surface area contributed by atoms with Crippen molar-refractivity contribution in [2.75, 3.05) is 26.2 Å². The van der Waals surface area contributed by atoms with Crippen molar-refractivity contribution in [3.05, 3.63) is 99.0 Å². The van der Waals surface area contributed by atoms with E-state index in [2.05, 4.69) is 11.0 Å². The molecule has 32 heavy (non-hydrogen) atoms. The monoisotopic (exact) mass is 468 g/mol. The number of halogens is 2. The summed E-state index contributed by atoms with van der Waals surface area (Å²) in [6.45, 7) is 6.20. The highest BCUT2D eigenvalue weighted by atomic mass is 35.5. The molecule has 0 bridgehead atoms. The summed E-state index contributed by atoms with van der Waals surface area (Å²) < 4.78 is 5.89. The fourth-order valence-electron chi connectivity index (χ4n) is 3.84. The number of rotatable bonds is 6. The van der Waals surface area contributed by atoms with Crippen LogP contribution in [0.2, 0.25) is 10.0 Å². The van der Waals surface area contributed by atoms with Gasteiger partial charge in [0.05, 0.1) is 5.02 Å². The van der Waals surface area contributed by atoms with E-state index in [-0.39, 0.29) is 5.91 Å². The maximum Gasteiger partial charge on any atom is 0.253 e. The number of carbonyl (C=O) groups is 1. The van der Waals surface area contributed by atoms with Gasteiger partial charge in [-0.1, -0.05) is 59.6 Å². The molecular formula is C26H26Cl2N2O2. The van der Waals surface area contributed by atoms with Gasteiger partial charge in [0.1, 0.15) is 12.4 Å². The lowest BCUT2D eigenvalue weighted by Gasteiger charge is -2.35. The standard InChI is InChI=1S/C26H26Cl2N2O2/c1-19-9-10-24(28)25(15-19)32-18-20-5-4-7-21(16-20)26(31)30-13-11-29(12-14-30)17-22-6-2-3-8-23(22)27/h2-10,15-16H,11-14,17-18H2,1H3. The van der Waals surface area contributed by atoms with Crippen molar-refractivity contribution in [3.63, 3.8) is 0 Å². The van der Waals surface area contributed by atoms with Gasteiger partial charge in [-0.25, -0.2) is 0 Å². The second-order valence-corrected chi connectivity index (χ2v) is 8.90. The zero-order valence-electron chi connectivity index (χ0n) is 18.1. The highest BCUT2D eigenvalue weighted by Gasteiger charge is 2.22. The minimum atomic E-state index is 0.0535. The lowest BCUT2D eigenvalue weighted by Crippen LogP contribution is -2.48. The van der Waals surface area contributed by atoms with Gasteiger partial charge in [0.25, 0.3) is 5.91 Å². The molecule has 0 atom stereocenters. The first kappa shape index (κ1) is 22.7. The van der Waals surface area contributed by atoms with Crippen molar-refractivity contribution in [1.29, 1.82) is 0 Å². The quantitative estimate of drug-likeness (QED) is 0.455. The number of piperazine rings is 1. The molecule has 0 unspecified atom stereocenters. The van der Waals surface area contributed by atoms with Gasteiger partial charge in [-0.05, 0) is 53.9 Å². The third-order valence-electron chi connectivity index (χ3n) is 5.67. The van der Waals surface area contributed by atoms with Crippen molar-refractivity contribution in [2.24, 2.45) is 0 Å². The molecule has 0 aromatic heterocycles. The van der Waals surface area contributed by atoms with E-state index in [0.29, 0.717) is 36.0 Å². The molecule has 0 N–H and O–H groups in total. The van der Waals surface area contributed by atoms with Gasteiger partial charge in [-0.3, -0.25) is 9.69 Å². The summed E-state index contributed by atoms with van der Waals surface area (Å²) in [5.41, 5.74) is 3.82. The summed E-state index contributed by atoms with van der Waals surface area (Å²) in [5, 5.41) is 1.37. The first-order valence-electron chi connectivity index (χ1n) is 10.7. The Morgan fingerprint density at radius 1 is 0.906 bits per heavy atom. The Morgan fingerprint density at radius 3 is 2.47 bits per heavy atom. The van der Waals surface area contributed by atoms with Crippen LogP contribution in [0.1, 0.15) is 27.0 Å². The fourth-order valence-corrected chi connectivity index (χ4v) is 4.20. The van der Waals surface area contributed by atoms with Crippen LogP contribution < -0.4 is 4.74 Å². The molecule has 1 aliphatic rings. The number of benzene rings is 3. The van der Waals surface area contributed by atoms with Crippen LogP contribution >= 0.6 is 23.2 Å². The molecule has 0 spiro atoms. The SMILES string of the molecule is Cc1ccc(Cl)c(OCc2cccc(C(=O)N3CCN(Cc4ccccc4Cl)CC3)c2)c1.